The van der Waals surface area contributed by atoms with Gasteiger partial charge in [-0.2, -0.15) is 0 Å². The number of benzene rings is 8. The van der Waals surface area contributed by atoms with Gasteiger partial charge >= 0.3 is 0 Å². The number of thiophene rings is 1. The zero-order valence-corrected chi connectivity index (χ0v) is 34.3. The van der Waals surface area contributed by atoms with E-state index in [4.69, 9.17) is 29.3 Å². The highest BCUT2D eigenvalue weighted by molar-refractivity contribution is 7.26. The smallest absolute Gasteiger partial charge is 0.164 e. The summed E-state index contributed by atoms with van der Waals surface area (Å²) in [6.45, 7) is 0. The standard InChI is InChI=1S/C55H32N6OS/c1-4-14-33(15-5-1)49-51-50(42-21-11-13-23-48(42)63-51)57-53(56-49)37-25-28-41-43-30-35(26-29-46(43)62-47(41)32-37)54-58-52(34-16-6-2-7-17-34)59-55(60-54)36-24-27-40-39-20-10-12-22-44(39)61(45(40)31-36)38-18-8-3-9-19-38/h1-32H. The normalized spacial score (nSPS) is 11.8. The maximum Gasteiger partial charge on any atom is 0.164 e. The number of nitrogens with zero attached hydrogens (tertiary/aromatic N) is 6. The van der Waals surface area contributed by atoms with Crippen LogP contribution in [-0.4, -0.2) is 29.5 Å². The number of para-hydroxylation sites is 2. The van der Waals surface area contributed by atoms with Crippen LogP contribution in [0.5, 0.6) is 0 Å². The number of hydrogen-bond donors (Lipinski definition) is 0. The summed E-state index contributed by atoms with van der Waals surface area (Å²) in [4.78, 5) is 25.8. The van der Waals surface area contributed by atoms with Crippen molar-refractivity contribution in [2.45, 2.75) is 0 Å². The zero-order chi connectivity index (χ0) is 41.4. The Morgan fingerprint density at radius 2 is 0.937 bits per heavy atom. The summed E-state index contributed by atoms with van der Waals surface area (Å²) < 4.78 is 11.1. The molecule has 0 saturated carbocycles. The predicted octanol–water partition coefficient (Wildman–Crippen LogP) is 14.4. The minimum absolute atomic E-state index is 0.577. The molecule has 13 aromatic rings. The first kappa shape index (κ1) is 35.4. The molecule has 0 aliphatic rings. The van der Waals surface area contributed by atoms with E-state index >= 15 is 0 Å². The van der Waals surface area contributed by atoms with Crippen LogP contribution in [0.4, 0.5) is 0 Å². The van der Waals surface area contributed by atoms with Crippen molar-refractivity contribution >= 4 is 75.4 Å². The van der Waals surface area contributed by atoms with E-state index in [1.165, 1.54) is 15.5 Å². The van der Waals surface area contributed by atoms with Crippen LogP contribution >= 0.6 is 11.3 Å². The molecule has 5 heterocycles. The van der Waals surface area contributed by atoms with Gasteiger partial charge in [-0.05, 0) is 60.7 Å². The minimum atomic E-state index is 0.577. The molecule has 8 aromatic carbocycles. The van der Waals surface area contributed by atoms with Crippen molar-refractivity contribution < 1.29 is 4.42 Å². The Kier molecular flexibility index (Phi) is 7.94. The van der Waals surface area contributed by atoms with Crippen molar-refractivity contribution in [2.24, 2.45) is 0 Å². The van der Waals surface area contributed by atoms with Gasteiger partial charge in [-0.1, -0.05) is 133 Å². The maximum absolute atomic E-state index is 6.55. The van der Waals surface area contributed by atoms with E-state index < -0.39 is 0 Å². The first-order valence-corrected chi connectivity index (χ1v) is 21.6. The van der Waals surface area contributed by atoms with E-state index in [0.29, 0.717) is 23.3 Å². The van der Waals surface area contributed by atoms with Crippen LogP contribution in [0.15, 0.2) is 199 Å². The molecule has 0 radical (unpaired) electrons. The van der Waals surface area contributed by atoms with Gasteiger partial charge in [-0.15, -0.1) is 11.3 Å². The van der Waals surface area contributed by atoms with Crippen molar-refractivity contribution in [3.8, 4) is 62.5 Å². The fourth-order valence-corrected chi connectivity index (χ4v) is 10.0. The van der Waals surface area contributed by atoms with E-state index in [1.54, 1.807) is 11.3 Å². The Hall–Kier alpha value is -8.33. The average Bonchev–Trinajstić information content (AvgIpc) is 4.03. The molecule has 294 valence electrons. The van der Waals surface area contributed by atoms with E-state index in [0.717, 1.165) is 87.8 Å². The number of aromatic nitrogens is 6. The summed E-state index contributed by atoms with van der Waals surface area (Å²) >= 11 is 1.73. The second-order valence-electron chi connectivity index (χ2n) is 15.7. The number of hydrogen-bond acceptors (Lipinski definition) is 7. The van der Waals surface area contributed by atoms with E-state index in [2.05, 4.69) is 144 Å². The van der Waals surface area contributed by atoms with Crippen molar-refractivity contribution in [1.82, 2.24) is 29.5 Å². The molecule has 5 aromatic heterocycles. The van der Waals surface area contributed by atoms with Gasteiger partial charge in [0.05, 0.1) is 26.9 Å². The van der Waals surface area contributed by atoms with Gasteiger partial charge in [0.1, 0.15) is 11.2 Å². The molecule has 0 amide bonds. The van der Waals surface area contributed by atoms with Crippen LogP contribution in [0.3, 0.4) is 0 Å². The first-order valence-electron chi connectivity index (χ1n) is 20.8. The van der Waals surface area contributed by atoms with Crippen LogP contribution in [0.25, 0.3) is 127 Å². The molecule has 8 heteroatoms. The Balaban J connectivity index is 0.945. The molecule has 13 rings (SSSR count). The van der Waals surface area contributed by atoms with Crippen LogP contribution in [0, 0.1) is 0 Å². The quantitative estimate of drug-likeness (QED) is 0.166. The number of rotatable bonds is 6. The van der Waals surface area contributed by atoms with Gasteiger partial charge in [0, 0.05) is 65.1 Å². The van der Waals surface area contributed by atoms with E-state index in [9.17, 15) is 0 Å². The molecule has 0 aliphatic carbocycles. The SMILES string of the molecule is c1ccc(-c2nc(-c3ccc4oc5cc(-c6nc(-c7ccccc7)c7sc8ccccc8c7n6)ccc5c4c3)nc(-c3ccc4c5ccccc5n(-c5ccccc5)c4c3)n2)cc1. The van der Waals surface area contributed by atoms with Crippen molar-refractivity contribution in [2.75, 3.05) is 0 Å². The minimum Gasteiger partial charge on any atom is -0.456 e. The van der Waals surface area contributed by atoms with Crippen LogP contribution in [0.2, 0.25) is 0 Å². The van der Waals surface area contributed by atoms with Gasteiger partial charge in [0.25, 0.3) is 0 Å². The van der Waals surface area contributed by atoms with Crippen molar-refractivity contribution in [1.29, 1.82) is 0 Å². The van der Waals surface area contributed by atoms with E-state index in [-0.39, 0.29) is 0 Å². The maximum atomic E-state index is 6.55. The van der Waals surface area contributed by atoms with E-state index in [1.807, 2.05) is 54.6 Å². The van der Waals surface area contributed by atoms with Gasteiger partial charge in [-0.3, -0.25) is 0 Å². The summed E-state index contributed by atoms with van der Waals surface area (Å²) in [5, 5.41) is 5.44. The zero-order valence-electron chi connectivity index (χ0n) is 33.5. The molecule has 0 aliphatic heterocycles. The molecule has 0 N–H and O–H groups in total. The summed E-state index contributed by atoms with van der Waals surface area (Å²) in [7, 11) is 0. The highest BCUT2D eigenvalue weighted by Crippen LogP contribution is 2.41. The predicted molar refractivity (Wildman–Crippen MR) is 257 cm³/mol. The lowest BCUT2D eigenvalue weighted by Gasteiger charge is -2.10. The molecule has 0 spiro atoms. The van der Waals surface area contributed by atoms with Gasteiger partial charge in [0.15, 0.2) is 23.3 Å². The molecular weight excluding hydrogens is 793 g/mol. The molecular formula is C55H32N6OS. The largest absolute Gasteiger partial charge is 0.456 e. The fourth-order valence-electron chi connectivity index (χ4n) is 8.88. The summed E-state index contributed by atoms with van der Waals surface area (Å²) in [6, 6.07) is 66.8. The second-order valence-corrected chi connectivity index (χ2v) is 16.7. The van der Waals surface area contributed by atoms with Gasteiger partial charge in [-0.25, -0.2) is 24.9 Å². The van der Waals surface area contributed by atoms with Gasteiger partial charge < -0.3 is 8.98 Å². The Bertz CT molecular complexity index is 3910. The van der Waals surface area contributed by atoms with Gasteiger partial charge in [0.2, 0.25) is 0 Å². The highest BCUT2D eigenvalue weighted by Gasteiger charge is 2.20. The lowest BCUT2D eigenvalue weighted by atomic mass is 10.1. The third-order valence-electron chi connectivity index (χ3n) is 11.9. The summed E-state index contributed by atoms with van der Waals surface area (Å²) in [6.07, 6.45) is 0. The molecule has 0 fully saturated rings. The average molecular weight is 825 g/mol. The van der Waals surface area contributed by atoms with Crippen molar-refractivity contribution in [3.63, 3.8) is 0 Å². The molecule has 0 atom stereocenters. The molecule has 63 heavy (non-hydrogen) atoms. The van der Waals surface area contributed by atoms with Crippen molar-refractivity contribution in [3.05, 3.63) is 194 Å². The Labute approximate surface area is 364 Å². The molecule has 0 unspecified atom stereocenters. The highest BCUT2D eigenvalue weighted by atomic mass is 32.1. The topological polar surface area (TPSA) is 82.5 Å². The molecule has 0 bridgehead atoms. The molecule has 7 nitrogen and oxygen atoms in total. The monoisotopic (exact) mass is 824 g/mol. The third kappa shape index (κ3) is 5.84. The lowest BCUT2D eigenvalue weighted by Crippen LogP contribution is -2.00. The Morgan fingerprint density at radius 3 is 1.71 bits per heavy atom. The fraction of sp³-hybridized carbons (Fsp3) is 0. The van der Waals surface area contributed by atoms with Crippen LogP contribution < -0.4 is 0 Å². The number of furan rings is 1. The molecule has 0 saturated heterocycles. The Morgan fingerprint density at radius 1 is 0.365 bits per heavy atom. The second kappa shape index (κ2) is 14.1. The van der Waals surface area contributed by atoms with Crippen LogP contribution in [0.1, 0.15) is 0 Å². The summed E-state index contributed by atoms with van der Waals surface area (Å²) in [5.74, 6) is 2.43. The van der Waals surface area contributed by atoms with Crippen LogP contribution in [-0.2, 0) is 0 Å². The number of fused-ring (bicyclic) bond motifs is 9. The summed E-state index contributed by atoms with van der Waals surface area (Å²) in [5.41, 5.74) is 11.3. The third-order valence-corrected chi connectivity index (χ3v) is 13.0. The lowest BCUT2D eigenvalue weighted by molar-refractivity contribution is 0.669. The first-order chi connectivity index (χ1) is 31.2.